The van der Waals surface area contributed by atoms with E-state index in [2.05, 4.69) is 9.97 Å². The summed E-state index contributed by atoms with van der Waals surface area (Å²) < 4.78 is 93.3. The summed E-state index contributed by atoms with van der Waals surface area (Å²) in [6, 6.07) is 3.91. The van der Waals surface area contributed by atoms with E-state index in [-0.39, 0.29) is 34.7 Å². The van der Waals surface area contributed by atoms with Gasteiger partial charge in [-0.25, -0.2) is 27.5 Å². The van der Waals surface area contributed by atoms with Gasteiger partial charge >= 0.3 is 6.18 Å². The van der Waals surface area contributed by atoms with Crippen molar-refractivity contribution < 1.29 is 30.7 Å². The smallest absolute Gasteiger partial charge is 0.236 e. The van der Waals surface area contributed by atoms with Crippen molar-refractivity contribution in [2.45, 2.75) is 19.5 Å². The van der Waals surface area contributed by atoms with Crippen molar-refractivity contribution in [3.05, 3.63) is 77.1 Å². The van der Waals surface area contributed by atoms with Gasteiger partial charge in [-0.2, -0.15) is 13.2 Å². The summed E-state index contributed by atoms with van der Waals surface area (Å²) in [7, 11) is 0. The van der Waals surface area contributed by atoms with Gasteiger partial charge in [0.15, 0.2) is 5.82 Å². The van der Waals surface area contributed by atoms with Gasteiger partial charge in [0, 0.05) is 35.2 Å². The molecule has 0 N–H and O–H groups in total. The summed E-state index contributed by atoms with van der Waals surface area (Å²) in [5.74, 6) is -4.27. The summed E-state index contributed by atoms with van der Waals surface area (Å²) in [5.41, 5.74) is -0.876. The molecule has 0 radical (unpaired) electrons. The first-order chi connectivity index (χ1) is 14.1. The molecule has 0 unspecified atom stereocenters. The van der Waals surface area contributed by atoms with Gasteiger partial charge in [0.25, 0.3) is 0 Å². The molecule has 1 aromatic heterocycles. The molecule has 2 aromatic carbocycles. The molecule has 3 rings (SSSR count). The van der Waals surface area contributed by atoms with Crippen LogP contribution in [0.3, 0.4) is 0 Å². The number of aromatic nitrogens is 2. The predicted octanol–water partition coefficient (Wildman–Crippen LogP) is 6.50. The fourth-order valence-electron chi connectivity index (χ4n) is 2.76. The van der Waals surface area contributed by atoms with E-state index in [4.69, 9.17) is 0 Å². The van der Waals surface area contributed by atoms with Crippen molar-refractivity contribution in [3.63, 3.8) is 0 Å². The molecule has 0 saturated heterocycles. The maximum Gasteiger partial charge on any atom is 0.409 e. The molecule has 0 amide bonds. The number of allylic oxidation sites excluding steroid dienone is 1. The van der Waals surface area contributed by atoms with Crippen molar-refractivity contribution in [2.24, 2.45) is 0 Å². The van der Waals surface area contributed by atoms with Crippen LogP contribution < -0.4 is 0 Å². The fraction of sp³-hybridized carbons (Fsp3) is 0.143. The van der Waals surface area contributed by atoms with Crippen LogP contribution in [0.1, 0.15) is 18.1 Å². The highest BCUT2D eigenvalue weighted by atomic mass is 19.4. The quantitative estimate of drug-likeness (QED) is 0.445. The predicted molar refractivity (Wildman–Crippen MR) is 97.2 cm³/mol. The molecule has 30 heavy (non-hydrogen) atoms. The maximum absolute atomic E-state index is 14.2. The standard InChI is InChI=1S/C21H13F7N2/c1-2-11-5-17(24)19(18(25)6-11)13-9-29-20(30-10-13)12-7-15(22)14(16(23)8-12)3-4-21(26,27)28/h3-10H,2H2,1H3/b4-3+. The summed E-state index contributed by atoms with van der Waals surface area (Å²) >= 11 is 0. The van der Waals surface area contributed by atoms with Gasteiger partial charge < -0.3 is 0 Å². The van der Waals surface area contributed by atoms with E-state index in [1.807, 2.05) is 0 Å². The third kappa shape index (κ3) is 4.67. The first-order valence-corrected chi connectivity index (χ1v) is 8.64. The first kappa shape index (κ1) is 21.5. The number of hydrogen-bond donors (Lipinski definition) is 0. The fourth-order valence-corrected chi connectivity index (χ4v) is 2.76. The average Bonchev–Trinajstić information content (AvgIpc) is 2.66. The summed E-state index contributed by atoms with van der Waals surface area (Å²) in [6.45, 7) is 1.74. The van der Waals surface area contributed by atoms with Crippen LogP contribution in [0.15, 0.2) is 42.7 Å². The van der Waals surface area contributed by atoms with Crippen molar-refractivity contribution in [1.29, 1.82) is 0 Å². The number of aryl methyl sites for hydroxylation is 1. The van der Waals surface area contributed by atoms with Crippen molar-refractivity contribution in [3.8, 4) is 22.5 Å². The Labute approximate surface area is 166 Å². The highest BCUT2D eigenvalue weighted by Crippen LogP contribution is 2.29. The lowest BCUT2D eigenvalue weighted by molar-refractivity contribution is -0.0790. The lowest BCUT2D eigenvalue weighted by Crippen LogP contribution is -2.01. The Morgan fingerprint density at radius 2 is 1.33 bits per heavy atom. The van der Waals surface area contributed by atoms with Gasteiger partial charge in [0.1, 0.15) is 23.3 Å². The second kappa shape index (κ2) is 8.25. The van der Waals surface area contributed by atoms with Gasteiger partial charge in [-0.05, 0) is 42.3 Å². The molecular weight excluding hydrogens is 413 g/mol. The lowest BCUT2D eigenvalue weighted by atomic mass is 10.0. The number of benzene rings is 2. The minimum atomic E-state index is -4.73. The topological polar surface area (TPSA) is 25.8 Å². The summed E-state index contributed by atoms with van der Waals surface area (Å²) in [5, 5.41) is 0. The van der Waals surface area contributed by atoms with Crippen LogP contribution in [0.25, 0.3) is 28.6 Å². The molecule has 9 heteroatoms. The molecule has 0 bridgehead atoms. The van der Waals surface area contributed by atoms with E-state index in [9.17, 15) is 30.7 Å². The van der Waals surface area contributed by atoms with Gasteiger partial charge in [-0.1, -0.05) is 6.92 Å². The van der Waals surface area contributed by atoms with Crippen molar-refractivity contribution in [2.75, 3.05) is 0 Å². The molecule has 0 aliphatic rings. The monoisotopic (exact) mass is 426 g/mol. The molecule has 0 spiro atoms. The molecule has 0 aliphatic heterocycles. The summed E-state index contributed by atoms with van der Waals surface area (Å²) in [6.07, 6.45) is -2.12. The Balaban J connectivity index is 1.95. The normalized spacial score (nSPS) is 12.0. The number of hydrogen-bond acceptors (Lipinski definition) is 2. The highest BCUT2D eigenvalue weighted by Gasteiger charge is 2.23. The molecule has 0 atom stereocenters. The average molecular weight is 426 g/mol. The van der Waals surface area contributed by atoms with Crippen LogP contribution in [-0.2, 0) is 6.42 Å². The Bertz CT molecular complexity index is 1060. The molecule has 0 aliphatic carbocycles. The highest BCUT2D eigenvalue weighted by molar-refractivity contribution is 5.66. The van der Waals surface area contributed by atoms with Gasteiger partial charge in [-0.15, -0.1) is 0 Å². The Hall–Kier alpha value is -3.23. The SMILES string of the molecule is CCc1cc(F)c(-c2cnc(-c3cc(F)c(/C=C/C(F)(F)F)c(F)c3)nc2)c(F)c1. The largest absolute Gasteiger partial charge is 0.409 e. The van der Waals surface area contributed by atoms with Crippen molar-refractivity contribution in [1.82, 2.24) is 9.97 Å². The first-order valence-electron chi connectivity index (χ1n) is 8.64. The van der Waals surface area contributed by atoms with E-state index in [1.165, 1.54) is 12.1 Å². The Kier molecular flexibility index (Phi) is 5.91. The van der Waals surface area contributed by atoms with E-state index in [1.54, 1.807) is 6.92 Å². The number of rotatable bonds is 4. The van der Waals surface area contributed by atoms with Crippen LogP contribution in [0, 0.1) is 23.3 Å². The third-order valence-corrected chi connectivity index (χ3v) is 4.23. The zero-order valence-electron chi connectivity index (χ0n) is 15.4. The minimum Gasteiger partial charge on any atom is -0.236 e. The minimum absolute atomic E-state index is 0.0158. The zero-order valence-corrected chi connectivity index (χ0v) is 15.4. The molecular formula is C21H13F7N2. The van der Waals surface area contributed by atoms with Crippen LogP contribution >= 0.6 is 0 Å². The zero-order chi connectivity index (χ0) is 22.1. The molecule has 0 fully saturated rings. The van der Waals surface area contributed by atoms with Crippen LogP contribution in [0.5, 0.6) is 0 Å². The Morgan fingerprint density at radius 3 is 1.80 bits per heavy atom. The van der Waals surface area contributed by atoms with Gasteiger partial charge in [-0.3, -0.25) is 0 Å². The number of alkyl halides is 3. The van der Waals surface area contributed by atoms with E-state index in [0.29, 0.717) is 12.0 Å². The maximum atomic E-state index is 14.2. The van der Waals surface area contributed by atoms with Crippen LogP contribution in [0.2, 0.25) is 0 Å². The second-order valence-corrected chi connectivity index (χ2v) is 6.31. The number of halogens is 7. The van der Waals surface area contributed by atoms with E-state index < -0.39 is 35.0 Å². The van der Waals surface area contributed by atoms with Crippen LogP contribution in [0.4, 0.5) is 30.7 Å². The van der Waals surface area contributed by atoms with Gasteiger partial charge in [0.2, 0.25) is 0 Å². The van der Waals surface area contributed by atoms with Crippen LogP contribution in [-0.4, -0.2) is 16.1 Å². The molecule has 3 aromatic rings. The van der Waals surface area contributed by atoms with Crippen molar-refractivity contribution >= 4 is 6.08 Å². The molecule has 156 valence electrons. The third-order valence-electron chi connectivity index (χ3n) is 4.23. The second-order valence-electron chi connectivity index (χ2n) is 6.31. The summed E-state index contributed by atoms with van der Waals surface area (Å²) in [4.78, 5) is 7.74. The lowest BCUT2D eigenvalue weighted by Gasteiger charge is -2.09. The van der Waals surface area contributed by atoms with E-state index >= 15 is 0 Å². The molecule has 2 nitrogen and oxygen atoms in total. The van der Waals surface area contributed by atoms with Gasteiger partial charge in [0.05, 0.1) is 5.56 Å². The number of nitrogens with zero attached hydrogens (tertiary/aromatic N) is 2. The Morgan fingerprint density at radius 1 is 0.800 bits per heavy atom. The molecule has 0 saturated carbocycles. The van der Waals surface area contributed by atoms with E-state index in [0.717, 1.165) is 24.5 Å². The molecule has 1 heterocycles.